The summed E-state index contributed by atoms with van der Waals surface area (Å²) >= 11 is 0.879. The number of hydrogen-bond acceptors (Lipinski definition) is 8. The number of halogens is 3. The van der Waals surface area contributed by atoms with Crippen LogP contribution in [0.15, 0.2) is 36.0 Å². The molecule has 13 heteroatoms. The van der Waals surface area contributed by atoms with Crippen LogP contribution in [0.25, 0.3) is 10.6 Å². The van der Waals surface area contributed by atoms with E-state index in [1.54, 1.807) is 11.9 Å². The van der Waals surface area contributed by atoms with E-state index in [1.807, 2.05) is 0 Å². The predicted octanol–water partition coefficient (Wildman–Crippen LogP) is 2.61. The van der Waals surface area contributed by atoms with E-state index in [4.69, 9.17) is 4.74 Å². The molecule has 0 spiro atoms. The van der Waals surface area contributed by atoms with Crippen LogP contribution in [0.3, 0.4) is 0 Å². The largest absolute Gasteiger partial charge is 0.502 e. The number of carbonyl (C=O) groups is 1. The van der Waals surface area contributed by atoms with Gasteiger partial charge < -0.3 is 14.7 Å². The van der Waals surface area contributed by atoms with Crippen molar-refractivity contribution in [2.45, 2.75) is 13.3 Å². The van der Waals surface area contributed by atoms with Gasteiger partial charge in [0.25, 0.3) is 5.91 Å². The van der Waals surface area contributed by atoms with Gasteiger partial charge in [-0.2, -0.15) is 0 Å². The first-order chi connectivity index (χ1) is 16.7. The highest BCUT2D eigenvalue weighted by Gasteiger charge is 2.33. The van der Waals surface area contributed by atoms with Gasteiger partial charge in [-0.15, -0.1) is 10.2 Å². The number of ether oxygens (including phenoxy) is 1. The molecule has 0 saturated carbocycles. The van der Waals surface area contributed by atoms with Crippen LogP contribution in [-0.2, 0) is 11.2 Å². The number of rotatable bonds is 8. The second-order valence-corrected chi connectivity index (χ2v) is 8.57. The fourth-order valence-electron chi connectivity index (χ4n) is 3.63. The molecule has 1 aromatic carbocycles. The van der Waals surface area contributed by atoms with Gasteiger partial charge in [0.1, 0.15) is 35.7 Å². The Hall–Kier alpha value is -3.87. The third-order valence-corrected chi connectivity index (χ3v) is 6.35. The highest BCUT2D eigenvalue weighted by Crippen LogP contribution is 2.29. The van der Waals surface area contributed by atoms with Crippen LogP contribution in [0, 0.1) is 17.5 Å². The van der Waals surface area contributed by atoms with E-state index in [-0.39, 0.29) is 41.0 Å². The summed E-state index contributed by atoms with van der Waals surface area (Å²) in [4.78, 5) is 27.3. The van der Waals surface area contributed by atoms with E-state index in [2.05, 4.69) is 16.8 Å². The number of aromatic hydroxyl groups is 1. The first kappa shape index (κ1) is 24.3. The smallest absolute Gasteiger partial charge is 0.277 e. The van der Waals surface area contributed by atoms with Gasteiger partial charge in [0.15, 0.2) is 16.5 Å². The Morgan fingerprint density at radius 1 is 1.23 bits per heavy atom. The van der Waals surface area contributed by atoms with Crippen molar-refractivity contribution in [3.8, 4) is 16.3 Å². The van der Waals surface area contributed by atoms with Gasteiger partial charge >= 0.3 is 0 Å². The van der Waals surface area contributed by atoms with Crippen LogP contribution in [0.2, 0.25) is 0 Å². The molecular weight excluding hydrogens is 487 g/mol. The summed E-state index contributed by atoms with van der Waals surface area (Å²) in [5, 5.41) is 20.4. The molecule has 35 heavy (non-hydrogen) atoms. The van der Waals surface area contributed by atoms with Gasteiger partial charge in [0, 0.05) is 36.9 Å². The molecule has 0 atom stereocenters. The normalized spacial score (nSPS) is 13.2. The molecule has 0 aliphatic carbocycles. The zero-order valence-electron chi connectivity index (χ0n) is 18.5. The highest BCUT2D eigenvalue weighted by molar-refractivity contribution is 7.14. The van der Waals surface area contributed by atoms with Crippen molar-refractivity contribution in [1.82, 2.24) is 19.8 Å². The average Bonchev–Trinajstić information content (AvgIpc) is 3.28. The van der Waals surface area contributed by atoms with Crippen molar-refractivity contribution in [1.29, 1.82) is 0 Å². The first-order valence-corrected chi connectivity index (χ1v) is 11.3. The molecule has 3 heterocycles. The van der Waals surface area contributed by atoms with Crippen molar-refractivity contribution >= 4 is 17.2 Å². The van der Waals surface area contributed by atoms with E-state index in [0.717, 1.165) is 11.3 Å². The van der Waals surface area contributed by atoms with Gasteiger partial charge in [0.2, 0.25) is 5.43 Å². The maximum atomic E-state index is 14.0. The quantitative estimate of drug-likeness (QED) is 0.370. The Labute approximate surface area is 201 Å². The van der Waals surface area contributed by atoms with Gasteiger partial charge in [-0.05, 0) is 6.92 Å². The summed E-state index contributed by atoms with van der Waals surface area (Å²) in [6.07, 6.45) is 2.32. The molecule has 2 aromatic heterocycles. The van der Waals surface area contributed by atoms with E-state index in [1.165, 1.54) is 22.0 Å². The minimum atomic E-state index is -1.07. The Morgan fingerprint density at radius 3 is 2.60 bits per heavy atom. The molecular formula is C22H20F3N5O4S. The van der Waals surface area contributed by atoms with Crippen molar-refractivity contribution in [2.75, 3.05) is 31.4 Å². The van der Waals surface area contributed by atoms with Gasteiger partial charge in [-0.1, -0.05) is 17.9 Å². The number of amides is 1. The van der Waals surface area contributed by atoms with Crippen molar-refractivity contribution < 1.29 is 27.8 Å². The average molecular weight is 507 g/mol. The first-order valence-electron chi connectivity index (χ1n) is 10.5. The molecule has 0 bridgehead atoms. The molecule has 9 nitrogen and oxygen atoms in total. The van der Waals surface area contributed by atoms with Gasteiger partial charge in [0.05, 0.1) is 18.4 Å². The zero-order chi connectivity index (χ0) is 25.3. The lowest BCUT2D eigenvalue weighted by Gasteiger charge is -2.39. The molecule has 1 N–H and O–H groups in total. The van der Waals surface area contributed by atoms with E-state index < -0.39 is 40.1 Å². The fraction of sp³-hybridized carbons (Fsp3) is 0.273. The molecule has 184 valence electrons. The molecule has 1 amide bonds. The molecule has 1 aliphatic heterocycles. The second-order valence-electron chi connectivity index (χ2n) is 7.51. The second kappa shape index (κ2) is 9.78. The Kier molecular flexibility index (Phi) is 6.78. The SMILES string of the molecule is C=COCCN1CN(CC)C(=O)c2c(O)c(=O)c(-c3nnc(Cc4c(F)cc(F)cc4F)s3)cn21. The minimum absolute atomic E-state index is 0.0533. The van der Waals surface area contributed by atoms with Gasteiger partial charge in [-0.3, -0.25) is 19.3 Å². The summed E-state index contributed by atoms with van der Waals surface area (Å²) in [5.41, 5.74) is -1.49. The topological polar surface area (TPSA) is 101 Å². The number of carbonyl (C=O) groups excluding carboxylic acids is 1. The Balaban J connectivity index is 1.73. The van der Waals surface area contributed by atoms with Crippen LogP contribution in [0.1, 0.15) is 28.0 Å². The molecule has 0 saturated heterocycles. The maximum Gasteiger partial charge on any atom is 0.277 e. The third kappa shape index (κ3) is 4.58. The summed E-state index contributed by atoms with van der Waals surface area (Å²) < 4.78 is 47.8. The maximum absolute atomic E-state index is 14.0. The Morgan fingerprint density at radius 2 is 1.94 bits per heavy atom. The number of benzene rings is 1. The van der Waals surface area contributed by atoms with Crippen molar-refractivity contribution in [3.05, 3.63) is 75.1 Å². The molecule has 0 unspecified atom stereocenters. The minimum Gasteiger partial charge on any atom is -0.502 e. The number of pyridine rings is 1. The predicted molar refractivity (Wildman–Crippen MR) is 121 cm³/mol. The summed E-state index contributed by atoms with van der Waals surface area (Å²) in [7, 11) is 0. The Bertz CT molecular complexity index is 1340. The van der Waals surface area contributed by atoms with Gasteiger partial charge in [-0.25, -0.2) is 13.2 Å². The molecule has 4 rings (SSSR count). The highest BCUT2D eigenvalue weighted by atomic mass is 32.1. The number of fused-ring (bicyclic) bond motifs is 1. The monoisotopic (exact) mass is 507 g/mol. The van der Waals surface area contributed by atoms with Crippen LogP contribution >= 0.6 is 11.3 Å². The van der Waals surface area contributed by atoms with Crippen LogP contribution in [-0.4, -0.2) is 57.2 Å². The van der Waals surface area contributed by atoms with E-state index >= 15 is 0 Å². The third-order valence-electron chi connectivity index (χ3n) is 5.39. The number of hydrogen-bond donors (Lipinski definition) is 1. The summed E-state index contributed by atoms with van der Waals surface area (Å²) in [6.45, 7) is 6.31. The lowest BCUT2D eigenvalue weighted by atomic mass is 10.1. The van der Waals surface area contributed by atoms with E-state index in [9.17, 15) is 27.9 Å². The zero-order valence-corrected chi connectivity index (χ0v) is 19.3. The lowest BCUT2D eigenvalue weighted by molar-refractivity contribution is 0.0691. The summed E-state index contributed by atoms with van der Waals surface area (Å²) in [5.74, 6) is -4.45. The molecule has 1 aliphatic rings. The van der Waals surface area contributed by atoms with E-state index in [0.29, 0.717) is 25.2 Å². The standard InChI is InChI=1S/C22H20F3N5O4S/c1-3-28-11-29(5-6-34-4-2)30-10-14(19(31)20(32)18(30)22(28)33)21-27-26-17(35-21)9-13-15(24)7-12(23)8-16(13)25/h4,7-8,10,32H,2-3,5-6,9,11H2,1H3. The van der Waals surface area contributed by atoms with Crippen LogP contribution < -0.4 is 10.4 Å². The van der Waals surface area contributed by atoms with Crippen LogP contribution in [0.5, 0.6) is 5.75 Å². The lowest BCUT2D eigenvalue weighted by Crippen LogP contribution is -2.55. The molecule has 0 radical (unpaired) electrons. The summed E-state index contributed by atoms with van der Waals surface area (Å²) in [6, 6.07) is 1.13. The van der Waals surface area contributed by atoms with Crippen molar-refractivity contribution in [2.24, 2.45) is 0 Å². The molecule has 3 aromatic rings. The number of nitrogens with zero attached hydrogens (tertiary/aromatic N) is 5. The fourth-order valence-corrected chi connectivity index (χ4v) is 4.49. The van der Waals surface area contributed by atoms with Crippen molar-refractivity contribution in [3.63, 3.8) is 0 Å². The van der Waals surface area contributed by atoms with Crippen LogP contribution in [0.4, 0.5) is 13.2 Å². The molecule has 0 fully saturated rings. The number of aromatic nitrogens is 3.